The third-order valence-corrected chi connectivity index (χ3v) is 4.89. The zero-order chi connectivity index (χ0) is 19.3. The van der Waals surface area contributed by atoms with Gasteiger partial charge in [-0.15, -0.1) is 0 Å². The van der Waals surface area contributed by atoms with Crippen LogP contribution in [0, 0.1) is 20.8 Å². The molecule has 0 saturated heterocycles. The molecule has 1 amide bonds. The van der Waals surface area contributed by atoms with Gasteiger partial charge in [-0.3, -0.25) is 14.0 Å². The summed E-state index contributed by atoms with van der Waals surface area (Å²) in [5.41, 5.74) is 5.08. The van der Waals surface area contributed by atoms with Gasteiger partial charge >= 0.3 is 0 Å². The Morgan fingerprint density at radius 3 is 2.56 bits per heavy atom. The molecule has 3 heterocycles. The predicted octanol–water partition coefficient (Wildman–Crippen LogP) is 3.36. The second kappa shape index (κ2) is 6.09. The Balaban J connectivity index is 1.85. The van der Waals surface area contributed by atoms with Crippen LogP contribution in [0.15, 0.2) is 47.4 Å². The summed E-state index contributed by atoms with van der Waals surface area (Å²) in [5, 5.41) is 3.35. The zero-order valence-electron chi connectivity index (χ0n) is 15.7. The molecule has 136 valence electrons. The van der Waals surface area contributed by atoms with Crippen molar-refractivity contribution in [3.63, 3.8) is 0 Å². The smallest absolute Gasteiger partial charge is 0.272 e. The third kappa shape index (κ3) is 2.70. The van der Waals surface area contributed by atoms with Gasteiger partial charge in [-0.2, -0.15) is 0 Å². The maximum atomic E-state index is 12.9. The molecule has 0 saturated carbocycles. The van der Waals surface area contributed by atoms with Gasteiger partial charge in [0.1, 0.15) is 17.0 Å². The van der Waals surface area contributed by atoms with Crippen LogP contribution in [0.5, 0.6) is 0 Å². The van der Waals surface area contributed by atoms with E-state index in [4.69, 9.17) is 0 Å². The molecular weight excluding hydrogens is 340 g/mol. The first kappa shape index (κ1) is 17.0. The van der Waals surface area contributed by atoms with E-state index in [1.807, 2.05) is 51.1 Å². The summed E-state index contributed by atoms with van der Waals surface area (Å²) in [4.78, 5) is 30.3. The van der Waals surface area contributed by atoms with Crippen molar-refractivity contribution in [2.45, 2.75) is 20.8 Å². The van der Waals surface area contributed by atoms with Gasteiger partial charge in [0.2, 0.25) is 0 Å². The molecule has 0 radical (unpaired) electrons. The number of hydrogen-bond acceptors (Lipinski definition) is 3. The van der Waals surface area contributed by atoms with Crippen molar-refractivity contribution >= 4 is 28.3 Å². The third-order valence-electron chi connectivity index (χ3n) is 4.89. The molecule has 3 aromatic heterocycles. The van der Waals surface area contributed by atoms with Gasteiger partial charge in [0.25, 0.3) is 11.5 Å². The number of hydrogen-bond donors (Lipinski definition) is 1. The minimum Gasteiger partial charge on any atom is -0.324 e. The lowest BCUT2D eigenvalue weighted by molar-refractivity contribution is 0.101. The van der Waals surface area contributed by atoms with E-state index in [0.717, 1.165) is 22.4 Å². The first-order valence-corrected chi connectivity index (χ1v) is 8.73. The molecule has 4 rings (SSSR count). The second-order valence-electron chi connectivity index (χ2n) is 6.90. The summed E-state index contributed by atoms with van der Waals surface area (Å²) in [6.07, 6.45) is 1.69. The number of nitrogens with one attached hydrogen (secondary N) is 1. The van der Waals surface area contributed by atoms with Gasteiger partial charge in [0.05, 0.1) is 5.39 Å². The largest absolute Gasteiger partial charge is 0.324 e. The molecule has 0 unspecified atom stereocenters. The monoisotopic (exact) mass is 360 g/mol. The van der Waals surface area contributed by atoms with Gasteiger partial charge in [-0.25, -0.2) is 4.98 Å². The zero-order valence-corrected chi connectivity index (χ0v) is 15.7. The number of carbonyl (C=O) groups excluding carboxylic acids is 1. The number of rotatable bonds is 2. The Hall–Kier alpha value is -3.41. The van der Waals surface area contributed by atoms with Crippen LogP contribution in [0.25, 0.3) is 16.7 Å². The topological polar surface area (TPSA) is 68.4 Å². The maximum Gasteiger partial charge on any atom is 0.272 e. The number of nitrogens with zero attached hydrogens (tertiary/aromatic N) is 3. The van der Waals surface area contributed by atoms with Gasteiger partial charge in [-0.05, 0) is 50.1 Å². The molecule has 6 heteroatoms. The maximum absolute atomic E-state index is 12.9. The molecule has 27 heavy (non-hydrogen) atoms. The molecule has 0 bridgehead atoms. The Bertz CT molecular complexity index is 1280. The fourth-order valence-electron chi connectivity index (χ4n) is 3.39. The van der Waals surface area contributed by atoms with Crippen LogP contribution < -0.4 is 10.9 Å². The number of anilines is 1. The first-order valence-electron chi connectivity index (χ1n) is 8.73. The molecule has 0 aliphatic carbocycles. The van der Waals surface area contributed by atoms with Gasteiger partial charge in [-0.1, -0.05) is 23.8 Å². The molecule has 1 aromatic carbocycles. The van der Waals surface area contributed by atoms with Crippen molar-refractivity contribution in [1.29, 1.82) is 0 Å². The van der Waals surface area contributed by atoms with Crippen LogP contribution in [0.3, 0.4) is 0 Å². The van der Waals surface area contributed by atoms with E-state index in [1.165, 1.54) is 4.40 Å². The Morgan fingerprint density at radius 2 is 1.81 bits per heavy atom. The quantitative estimate of drug-likeness (QED) is 0.596. The molecule has 0 atom stereocenters. The van der Waals surface area contributed by atoms with Crippen LogP contribution in [0.4, 0.5) is 5.69 Å². The number of carbonyl (C=O) groups is 1. The summed E-state index contributed by atoms with van der Waals surface area (Å²) < 4.78 is 3.19. The molecular formula is C21H20N4O2. The highest BCUT2D eigenvalue weighted by atomic mass is 16.2. The number of amides is 1. The van der Waals surface area contributed by atoms with Crippen molar-refractivity contribution in [1.82, 2.24) is 14.0 Å². The average Bonchev–Trinajstić information content (AvgIpc) is 2.96. The van der Waals surface area contributed by atoms with Crippen molar-refractivity contribution in [2.75, 3.05) is 5.32 Å². The van der Waals surface area contributed by atoms with Gasteiger partial charge in [0, 0.05) is 18.9 Å². The lowest BCUT2D eigenvalue weighted by Gasteiger charge is -2.10. The van der Waals surface area contributed by atoms with E-state index >= 15 is 0 Å². The highest BCUT2D eigenvalue weighted by Crippen LogP contribution is 2.20. The molecule has 0 fully saturated rings. The fourth-order valence-corrected chi connectivity index (χ4v) is 3.39. The number of aromatic nitrogens is 3. The van der Waals surface area contributed by atoms with Gasteiger partial charge < -0.3 is 9.88 Å². The SMILES string of the molecule is Cc1ccc(NC(=O)c2cc3c(=O)n4cccc(C)c4nc3n2C)c(C)c1. The lowest BCUT2D eigenvalue weighted by Crippen LogP contribution is -2.16. The number of benzene rings is 1. The Kier molecular flexibility index (Phi) is 3.84. The van der Waals surface area contributed by atoms with E-state index in [9.17, 15) is 9.59 Å². The second-order valence-corrected chi connectivity index (χ2v) is 6.90. The standard InChI is InChI=1S/C21H20N4O2/c1-12-7-8-16(14(3)10-12)22-20(26)17-11-15-19(24(17)4)23-18-13(2)6-5-9-25(18)21(15)27/h5-11H,1-4H3,(H,22,26). The average molecular weight is 360 g/mol. The van der Waals surface area contributed by atoms with Gasteiger partial charge in [0.15, 0.2) is 0 Å². The fraction of sp³-hybridized carbons (Fsp3) is 0.190. The van der Waals surface area contributed by atoms with E-state index < -0.39 is 0 Å². The van der Waals surface area contributed by atoms with Crippen molar-refractivity contribution in [2.24, 2.45) is 7.05 Å². The summed E-state index contributed by atoms with van der Waals surface area (Å²) in [5.74, 6) is -0.271. The van der Waals surface area contributed by atoms with Crippen LogP contribution in [0.2, 0.25) is 0 Å². The molecule has 0 spiro atoms. The lowest BCUT2D eigenvalue weighted by atomic mass is 10.1. The van der Waals surface area contributed by atoms with Crippen LogP contribution in [-0.2, 0) is 7.05 Å². The molecule has 0 aliphatic rings. The van der Waals surface area contributed by atoms with Crippen LogP contribution >= 0.6 is 0 Å². The van der Waals surface area contributed by atoms with Crippen molar-refractivity contribution in [3.8, 4) is 0 Å². The normalized spacial score (nSPS) is 11.3. The number of fused-ring (bicyclic) bond motifs is 2. The molecule has 1 N–H and O–H groups in total. The van der Waals surface area contributed by atoms with Crippen LogP contribution in [-0.4, -0.2) is 19.9 Å². The van der Waals surface area contributed by atoms with E-state index in [-0.39, 0.29) is 11.5 Å². The summed E-state index contributed by atoms with van der Waals surface area (Å²) >= 11 is 0. The summed E-state index contributed by atoms with van der Waals surface area (Å²) in [7, 11) is 1.75. The minimum atomic E-state index is -0.271. The minimum absolute atomic E-state index is 0.181. The first-order chi connectivity index (χ1) is 12.9. The predicted molar refractivity (Wildman–Crippen MR) is 107 cm³/mol. The Morgan fingerprint density at radius 1 is 1.04 bits per heavy atom. The molecule has 4 aromatic rings. The summed E-state index contributed by atoms with van der Waals surface area (Å²) in [6, 6.07) is 11.2. The summed E-state index contributed by atoms with van der Waals surface area (Å²) in [6.45, 7) is 5.87. The Labute approximate surface area is 156 Å². The highest BCUT2D eigenvalue weighted by molar-refractivity contribution is 6.06. The van der Waals surface area contributed by atoms with E-state index in [2.05, 4.69) is 10.3 Å². The van der Waals surface area contributed by atoms with Crippen molar-refractivity contribution < 1.29 is 4.79 Å². The van der Waals surface area contributed by atoms with E-state index in [0.29, 0.717) is 22.4 Å². The van der Waals surface area contributed by atoms with Crippen molar-refractivity contribution in [3.05, 3.63) is 75.3 Å². The van der Waals surface area contributed by atoms with E-state index in [1.54, 1.807) is 23.9 Å². The van der Waals surface area contributed by atoms with Crippen LogP contribution in [0.1, 0.15) is 27.2 Å². The molecule has 0 aliphatic heterocycles. The highest BCUT2D eigenvalue weighted by Gasteiger charge is 2.18. The number of aryl methyl sites for hydroxylation is 4. The molecule has 6 nitrogen and oxygen atoms in total. The number of pyridine rings is 1.